The minimum atomic E-state index is -0.512. The van der Waals surface area contributed by atoms with Crippen LogP contribution >= 0.6 is 0 Å². The fourth-order valence-electron chi connectivity index (χ4n) is 2.89. The van der Waals surface area contributed by atoms with E-state index in [1.807, 2.05) is 26.8 Å². The molecule has 0 unspecified atom stereocenters. The zero-order valence-electron chi connectivity index (χ0n) is 14.8. The average Bonchev–Trinajstić information content (AvgIpc) is 2.97. The van der Waals surface area contributed by atoms with Gasteiger partial charge in [0.05, 0.1) is 12.2 Å². The van der Waals surface area contributed by atoms with E-state index in [1.165, 1.54) is 0 Å². The fourth-order valence-corrected chi connectivity index (χ4v) is 2.89. The van der Waals surface area contributed by atoms with Crippen LogP contribution in [0, 0.1) is 0 Å². The molecule has 3 rings (SSSR count). The summed E-state index contributed by atoms with van der Waals surface area (Å²) in [6.45, 7) is 7.89. The quantitative estimate of drug-likeness (QED) is 0.831. The number of phenolic OH excluding ortho intramolecular Hbond substituents is 1. The van der Waals surface area contributed by atoms with Crippen LogP contribution in [0.1, 0.15) is 51.0 Å². The number of hydrogen-bond acceptors (Lipinski definition) is 6. The normalized spacial score (nSPS) is 16.6. The van der Waals surface area contributed by atoms with Crippen molar-refractivity contribution in [1.82, 2.24) is 14.8 Å². The van der Waals surface area contributed by atoms with E-state index in [0.717, 1.165) is 5.56 Å². The molecule has 0 fully saturated rings. The minimum Gasteiger partial charge on any atom is -0.508 e. The predicted octanol–water partition coefficient (Wildman–Crippen LogP) is 2.96. The number of aromatic hydroxyl groups is 1. The molecule has 1 aliphatic rings. The molecule has 0 amide bonds. The largest absolute Gasteiger partial charge is 0.508 e. The maximum atomic E-state index is 12.6. The molecule has 0 saturated heterocycles. The number of carbonyl (C=O) groups excluding carboxylic acids is 1. The van der Waals surface area contributed by atoms with Gasteiger partial charge in [0.2, 0.25) is 5.95 Å². The van der Waals surface area contributed by atoms with Crippen LogP contribution in [0.5, 0.6) is 5.75 Å². The summed E-state index contributed by atoms with van der Waals surface area (Å²) in [5.74, 6) is 1.12. The molecule has 0 radical (unpaired) electrons. The molecule has 2 aromatic rings. The third kappa shape index (κ3) is 3.09. The number of fused-ring (bicyclic) bond motifs is 1. The number of benzene rings is 1. The third-order valence-electron chi connectivity index (χ3n) is 4.07. The summed E-state index contributed by atoms with van der Waals surface area (Å²) < 4.78 is 6.93. The summed E-state index contributed by atoms with van der Waals surface area (Å²) >= 11 is 0. The Morgan fingerprint density at radius 2 is 2.20 bits per heavy atom. The van der Waals surface area contributed by atoms with E-state index in [2.05, 4.69) is 15.4 Å². The summed E-state index contributed by atoms with van der Waals surface area (Å²) in [5.41, 5.74) is 1.87. The van der Waals surface area contributed by atoms with Crippen LogP contribution < -0.4 is 5.32 Å². The number of phenols is 1. The SMILES string of the molecule is CCOC(=O)C1=C(C)Nc2nc(C(C)C)nn2[C@@H]1c1cccc(O)c1. The molecule has 0 bridgehead atoms. The van der Waals surface area contributed by atoms with Crippen LogP contribution in [0.2, 0.25) is 0 Å². The number of anilines is 1. The Kier molecular flexibility index (Phi) is 4.48. The first-order valence-electron chi connectivity index (χ1n) is 8.32. The molecule has 1 aromatic carbocycles. The summed E-state index contributed by atoms with van der Waals surface area (Å²) in [6.07, 6.45) is 0. The maximum Gasteiger partial charge on any atom is 0.338 e. The van der Waals surface area contributed by atoms with Gasteiger partial charge in [0, 0.05) is 11.6 Å². The Labute approximate surface area is 146 Å². The Morgan fingerprint density at radius 1 is 1.44 bits per heavy atom. The zero-order chi connectivity index (χ0) is 18.1. The van der Waals surface area contributed by atoms with Gasteiger partial charge in [0.15, 0.2) is 5.82 Å². The lowest BCUT2D eigenvalue weighted by molar-refractivity contribution is -0.139. The smallest absolute Gasteiger partial charge is 0.338 e. The number of esters is 1. The highest BCUT2D eigenvalue weighted by atomic mass is 16.5. The van der Waals surface area contributed by atoms with Crippen molar-refractivity contribution in [2.75, 3.05) is 11.9 Å². The van der Waals surface area contributed by atoms with Gasteiger partial charge in [-0.15, -0.1) is 0 Å². The highest BCUT2D eigenvalue weighted by Crippen LogP contribution is 2.37. The van der Waals surface area contributed by atoms with Crippen molar-refractivity contribution in [2.45, 2.75) is 39.7 Å². The van der Waals surface area contributed by atoms with Crippen LogP contribution in [-0.4, -0.2) is 32.4 Å². The average molecular weight is 342 g/mol. The van der Waals surface area contributed by atoms with Crippen molar-refractivity contribution >= 4 is 11.9 Å². The highest BCUT2D eigenvalue weighted by molar-refractivity contribution is 5.92. The number of aromatic nitrogens is 3. The maximum absolute atomic E-state index is 12.6. The van der Waals surface area contributed by atoms with Gasteiger partial charge in [-0.3, -0.25) is 0 Å². The molecule has 1 aromatic heterocycles. The molecule has 2 N–H and O–H groups in total. The number of ether oxygens (including phenoxy) is 1. The van der Waals surface area contributed by atoms with E-state index in [-0.39, 0.29) is 18.3 Å². The van der Waals surface area contributed by atoms with Crippen LogP contribution in [0.25, 0.3) is 0 Å². The Bertz CT molecular complexity index is 839. The molecule has 0 aliphatic carbocycles. The molecule has 7 heteroatoms. The number of allylic oxidation sites excluding steroid dienone is 1. The van der Waals surface area contributed by atoms with Crippen molar-refractivity contribution in [1.29, 1.82) is 0 Å². The van der Waals surface area contributed by atoms with E-state index < -0.39 is 12.0 Å². The van der Waals surface area contributed by atoms with Gasteiger partial charge in [-0.2, -0.15) is 10.1 Å². The summed E-state index contributed by atoms with van der Waals surface area (Å²) in [5, 5.41) is 17.6. The van der Waals surface area contributed by atoms with E-state index in [4.69, 9.17) is 4.74 Å². The molecule has 1 aliphatic heterocycles. The second kappa shape index (κ2) is 6.58. The summed E-state index contributed by atoms with van der Waals surface area (Å²) in [6, 6.07) is 6.30. The topological polar surface area (TPSA) is 89.3 Å². The third-order valence-corrected chi connectivity index (χ3v) is 4.07. The first kappa shape index (κ1) is 17.0. The molecule has 1 atom stereocenters. The van der Waals surface area contributed by atoms with Gasteiger partial charge in [-0.1, -0.05) is 26.0 Å². The van der Waals surface area contributed by atoms with Gasteiger partial charge >= 0.3 is 5.97 Å². The standard InChI is InChI=1S/C18H22N4O3/c1-5-25-17(24)14-11(4)19-18-20-16(10(2)3)21-22(18)15(14)12-7-6-8-13(23)9-12/h6-10,15,23H,5H2,1-4H3,(H,19,20,21)/t15-/m1/s1. The Balaban J connectivity index is 2.18. The fraction of sp³-hybridized carbons (Fsp3) is 0.389. The van der Waals surface area contributed by atoms with Gasteiger partial charge in [0.25, 0.3) is 0 Å². The molecule has 0 saturated carbocycles. The summed E-state index contributed by atoms with van der Waals surface area (Å²) in [4.78, 5) is 17.1. The molecule has 7 nitrogen and oxygen atoms in total. The van der Waals surface area contributed by atoms with Crippen molar-refractivity contribution in [3.05, 3.63) is 46.9 Å². The van der Waals surface area contributed by atoms with E-state index >= 15 is 0 Å². The van der Waals surface area contributed by atoms with E-state index in [0.29, 0.717) is 23.0 Å². The Hall–Kier alpha value is -2.83. The number of carbonyl (C=O) groups is 1. The summed E-state index contributed by atoms with van der Waals surface area (Å²) in [7, 11) is 0. The minimum absolute atomic E-state index is 0.127. The van der Waals surface area contributed by atoms with E-state index in [9.17, 15) is 9.90 Å². The van der Waals surface area contributed by atoms with Gasteiger partial charge in [-0.25, -0.2) is 9.48 Å². The molecule has 2 heterocycles. The molecule has 132 valence electrons. The monoisotopic (exact) mass is 342 g/mol. The molecule has 25 heavy (non-hydrogen) atoms. The Morgan fingerprint density at radius 3 is 2.84 bits per heavy atom. The van der Waals surface area contributed by atoms with E-state index in [1.54, 1.807) is 29.8 Å². The number of nitrogens with one attached hydrogen (secondary N) is 1. The van der Waals surface area contributed by atoms with Crippen molar-refractivity contribution in [2.24, 2.45) is 0 Å². The van der Waals surface area contributed by atoms with Crippen molar-refractivity contribution in [3.63, 3.8) is 0 Å². The zero-order valence-corrected chi connectivity index (χ0v) is 14.8. The van der Waals surface area contributed by atoms with Gasteiger partial charge < -0.3 is 15.2 Å². The first-order chi connectivity index (χ1) is 11.9. The highest BCUT2D eigenvalue weighted by Gasteiger charge is 2.35. The molecular weight excluding hydrogens is 320 g/mol. The number of hydrogen-bond donors (Lipinski definition) is 2. The second-order valence-electron chi connectivity index (χ2n) is 6.27. The second-order valence-corrected chi connectivity index (χ2v) is 6.27. The van der Waals surface area contributed by atoms with Gasteiger partial charge in [0.1, 0.15) is 11.8 Å². The molecule has 0 spiro atoms. The lowest BCUT2D eigenvalue weighted by atomic mass is 9.95. The van der Waals surface area contributed by atoms with Crippen LogP contribution in [0.3, 0.4) is 0 Å². The number of rotatable bonds is 4. The predicted molar refractivity (Wildman–Crippen MR) is 93.3 cm³/mol. The van der Waals surface area contributed by atoms with Crippen molar-refractivity contribution in [3.8, 4) is 5.75 Å². The van der Waals surface area contributed by atoms with Crippen LogP contribution in [0.15, 0.2) is 35.5 Å². The lowest BCUT2D eigenvalue weighted by Crippen LogP contribution is -2.29. The lowest BCUT2D eigenvalue weighted by Gasteiger charge is -2.28. The first-order valence-corrected chi connectivity index (χ1v) is 8.32. The van der Waals surface area contributed by atoms with Gasteiger partial charge in [-0.05, 0) is 31.5 Å². The van der Waals surface area contributed by atoms with Crippen LogP contribution in [-0.2, 0) is 9.53 Å². The number of nitrogens with zero attached hydrogens (tertiary/aromatic N) is 3. The van der Waals surface area contributed by atoms with Crippen molar-refractivity contribution < 1.29 is 14.6 Å². The molecular formula is C18H22N4O3. The van der Waals surface area contributed by atoms with Crippen LogP contribution in [0.4, 0.5) is 5.95 Å².